The Balaban J connectivity index is 1.89. The Kier molecular flexibility index (Phi) is 9.64. The van der Waals surface area contributed by atoms with Gasteiger partial charge in [-0.25, -0.2) is 4.99 Å². The van der Waals surface area contributed by atoms with Crippen molar-refractivity contribution in [3.8, 4) is 23.0 Å². The highest BCUT2D eigenvalue weighted by Crippen LogP contribution is 2.38. The largest absolute Gasteiger partial charge is 0.494 e. The summed E-state index contributed by atoms with van der Waals surface area (Å²) in [5.74, 6) is 3.46. The monoisotopic (exact) mass is 415 g/mol. The summed E-state index contributed by atoms with van der Waals surface area (Å²) in [7, 11) is 4.80. The van der Waals surface area contributed by atoms with Crippen LogP contribution in [0.25, 0.3) is 0 Å². The zero-order valence-electron chi connectivity index (χ0n) is 18.6. The first-order valence-electron chi connectivity index (χ1n) is 10.1. The third-order valence-corrected chi connectivity index (χ3v) is 4.39. The second-order valence-electron chi connectivity index (χ2n) is 6.67. The van der Waals surface area contributed by atoms with Gasteiger partial charge in [0.2, 0.25) is 5.75 Å². The van der Waals surface area contributed by atoms with Crippen molar-refractivity contribution in [1.82, 2.24) is 10.6 Å². The normalized spacial score (nSPS) is 11.0. The molecule has 7 heteroatoms. The predicted octanol–water partition coefficient (Wildman–Crippen LogP) is 3.55. The first kappa shape index (κ1) is 23.2. The fraction of sp³-hybridized carbons (Fsp3) is 0.435. The lowest BCUT2D eigenvalue weighted by Gasteiger charge is -2.14. The number of hydrogen-bond donors (Lipinski definition) is 2. The maximum absolute atomic E-state index is 5.77. The van der Waals surface area contributed by atoms with Crippen molar-refractivity contribution in [3.63, 3.8) is 0 Å². The topological polar surface area (TPSA) is 73.3 Å². The van der Waals surface area contributed by atoms with E-state index < -0.39 is 0 Å². The third kappa shape index (κ3) is 7.06. The van der Waals surface area contributed by atoms with Gasteiger partial charge in [0.1, 0.15) is 5.75 Å². The van der Waals surface area contributed by atoms with Crippen LogP contribution in [0.5, 0.6) is 23.0 Å². The number of benzene rings is 2. The van der Waals surface area contributed by atoms with E-state index in [4.69, 9.17) is 18.9 Å². The van der Waals surface area contributed by atoms with Crippen LogP contribution in [0.1, 0.15) is 24.5 Å². The molecule has 0 bridgehead atoms. The summed E-state index contributed by atoms with van der Waals surface area (Å²) in [6, 6.07) is 11.9. The molecule has 0 amide bonds. The van der Waals surface area contributed by atoms with E-state index in [9.17, 15) is 0 Å². The summed E-state index contributed by atoms with van der Waals surface area (Å²) in [5.41, 5.74) is 2.19. The molecule has 0 aliphatic rings. The Hall–Kier alpha value is -3.09. The van der Waals surface area contributed by atoms with E-state index in [2.05, 4.69) is 22.5 Å². The molecule has 30 heavy (non-hydrogen) atoms. The summed E-state index contributed by atoms with van der Waals surface area (Å²) in [6.45, 7) is 6.76. The van der Waals surface area contributed by atoms with Crippen molar-refractivity contribution in [1.29, 1.82) is 0 Å². The van der Waals surface area contributed by atoms with Gasteiger partial charge in [-0.05, 0) is 50.1 Å². The number of aliphatic imine (C=N–C) groups is 1. The van der Waals surface area contributed by atoms with E-state index in [1.54, 1.807) is 21.3 Å². The number of hydrogen-bond acceptors (Lipinski definition) is 5. The molecule has 7 nitrogen and oxygen atoms in total. The van der Waals surface area contributed by atoms with Gasteiger partial charge in [-0.1, -0.05) is 17.7 Å². The maximum Gasteiger partial charge on any atom is 0.203 e. The Labute approximate surface area is 179 Å². The van der Waals surface area contributed by atoms with Crippen molar-refractivity contribution >= 4 is 5.96 Å². The van der Waals surface area contributed by atoms with E-state index in [0.717, 1.165) is 36.8 Å². The van der Waals surface area contributed by atoms with Crippen LogP contribution in [0.3, 0.4) is 0 Å². The van der Waals surface area contributed by atoms with Crippen molar-refractivity contribution in [3.05, 3.63) is 47.5 Å². The molecule has 2 rings (SSSR count). The Morgan fingerprint density at radius 3 is 2.17 bits per heavy atom. The average Bonchev–Trinajstić information content (AvgIpc) is 2.77. The molecule has 0 unspecified atom stereocenters. The first-order chi connectivity index (χ1) is 14.6. The standard InChI is InChI=1S/C23H33N3O4/c1-6-24-23(25-12-7-13-30-19-10-8-17(2)9-11-19)26-16-18-14-20(27-3)22(29-5)21(15-18)28-4/h8-11,14-15H,6-7,12-13,16H2,1-5H3,(H2,24,25,26). The van der Waals surface area contributed by atoms with Crippen LogP contribution in [0.2, 0.25) is 0 Å². The van der Waals surface area contributed by atoms with Gasteiger partial charge in [0.05, 0.1) is 34.5 Å². The van der Waals surface area contributed by atoms with Crippen molar-refractivity contribution in [2.24, 2.45) is 4.99 Å². The first-order valence-corrected chi connectivity index (χ1v) is 10.1. The minimum absolute atomic E-state index is 0.478. The van der Waals surface area contributed by atoms with Crippen LogP contribution >= 0.6 is 0 Å². The summed E-state index contributed by atoms with van der Waals surface area (Å²) in [4.78, 5) is 4.66. The average molecular weight is 416 g/mol. The molecule has 0 heterocycles. The van der Waals surface area contributed by atoms with Crippen LogP contribution in [0, 0.1) is 6.92 Å². The number of aryl methyl sites for hydroxylation is 1. The van der Waals surface area contributed by atoms with Gasteiger partial charge >= 0.3 is 0 Å². The maximum atomic E-state index is 5.77. The Bertz CT molecular complexity index is 782. The van der Waals surface area contributed by atoms with Gasteiger partial charge in [-0.15, -0.1) is 0 Å². The summed E-state index contributed by atoms with van der Waals surface area (Å²) >= 11 is 0. The summed E-state index contributed by atoms with van der Waals surface area (Å²) < 4.78 is 22.0. The molecular weight excluding hydrogens is 382 g/mol. The molecule has 0 aromatic heterocycles. The molecule has 0 spiro atoms. The van der Waals surface area contributed by atoms with Gasteiger partial charge < -0.3 is 29.6 Å². The SMILES string of the molecule is CCNC(=NCc1cc(OC)c(OC)c(OC)c1)NCCCOc1ccc(C)cc1. The zero-order valence-corrected chi connectivity index (χ0v) is 18.6. The zero-order chi connectivity index (χ0) is 21.8. The molecule has 0 aliphatic carbocycles. The highest BCUT2D eigenvalue weighted by atomic mass is 16.5. The van der Waals surface area contributed by atoms with E-state index in [1.807, 2.05) is 43.3 Å². The van der Waals surface area contributed by atoms with E-state index >= 15 is 0 Å². The molecule has 0 saturated heterocycles. The molecular formula is C23H33N3O4. The molecule has 2 aromatic rings. The molecule has 0 radical (unpaired) electrons. The number of methoxy groups -OCH3 is 3. The molecule has 2 N–H and O–H groups in total. The Morgan fingerprint density at radius 1 is 0.933 bits per heavy atom. The van der Waals surface area contributed by atoms with E-state index in [1.165, 1.54) is 5.56 Å². The minimum Gasteiger partial charge on any atom is -0.494 e. The van der Waals surface area contributed by atoms with Crippen LogP contribution in [0.15, 0.2) is 41.4 Å². The van der Waals surface area contributed by atoms with Gasteiger partial charge in [-0.2, -0.15) is 0 Å². The number of ether oxygens (including phenoxy) is 4. The van der Waals surface area contributed by atoms with Gasteiger partial charge in [-0.3, -0.25) is 0 Å². The number of nitrogens with zero attached hydrogens (tertiary/aromatic N) is 1. The minimum atomic E-state index is 0.478. The third-order valence-electron chi connectivity index (χ3n) is 4.39. The van der Waals surface area contributed by atoms with Crippen LogP contribution in [-0.4, -0.2) is 47.0 Å². The van der Waals surface area contributed by atoms with Crippen molar-refractivity contribution in [2.75, 3.05) is 41.0 Å². The fourth-order valence-electron chi connectivity index (χ4n) is 2.84. The lowest BCUT2D eigenvalue weighted by atomic mass is 10.2. The van der Waals surface area contributed by atoms with Gasteiger partial charge in [0, 0.05) is 13.1 Å². The second-order valence-corrected chi connectivity index (χ2v) is 6.67. The number of rotatable bonds is 11. The molecule has 164 valence electrons. The summed E-state index contributed by atoms with van der Waals surface area (Å²) in [5, 5.41) is 6.60. The molecule has 0 saturated carbocycles. The van der Waals surface area contributed by atoms with Crippen molar-refractivity contribution in [2.45, 2.75) is 26.8 Å². The van der Waals surface area contributed by atoms with E-state index in [0.29, 0.717) is 30.4 Å². The number of nitrogens with one attached hydrogen (secondary N) is 2. The van der Waals surface area contributed by atoms with Crippen LogP contribution in [0.4, 0.5) is 0 Å². The molecule has 0 atom stereocenters. The Morgan fingerprint density at radius 2 is 1.60 bits per heavy atom. The van der Waals surface area contributed by atoms with Crippen LogP contribution < -0.4 is 29.6 Å². The predicted molar refractivity (Wildman–Crippen MR) is 120 cm³/mol. The smallest absolute Gasteiger partial charge is 0.203 e. The van der Waals surface area contributed by atoms with Crippen LogP contribution in [-0.2, 0) is 6.54 Å². The molecule has 0 aliphatic heterocycles. The molecule has 2 aromatic carbocycles. The summed E-state index contributed by atoms with van der Waals surface area (Å²) in [6.07, 6.45) is 0.864. The lowest BCUT2D eigenvalue weighted by Crippen LogP contribution is -2.38. The quantitative estimate of drug-likeness (QED) is 0.332. The second kappa shape index (κ2) is 12.5. The van der Waals surface area contributed by atoms with Gasteiger partial charge in [0.15, 0.2) is 17.5 Å². The van der Waals surface area contributed by atoms with Gasteiger partial charge in [0.25, 0.3) is 0 Å². The highest BCUT2D eigenvalue weighted by molar-refractivity contribution is 5.79. The fourth-order valence-corrected chi connectivity index (χ4v) is 2.84. The highest BCUT2D eigenvalue weighted by Gasteiger charge is 2.13. The van der Waals surface area contributed by atoms with E-state index in [-0.39, 0.29) is 0 Å². The number of guanidine groups is 1. The van der Waals surface area contributed by atoms with Crippen molar-refractivity contribution < 1.29 is 18.9 Å². The molecule has 0 fully saturated rings. The lowest BCUT2D eigenvalue weighted by molar-refractivity contribution is 0.311.